The third kappa shape index (κ3) is 2.75. The summed E-state index contributed by atoms with van der Waals surface area (Å²) in [6, 6.07) is 20.5. The van der Waals surface area contributed by atoms with E-state index in [-0.39, 0.29) is 29.3 Å². The molecule has 3 aromatic rings. The Morgan fingerprint density at radius 1 is 1.15 bits per heavy atom. The number of anilines is 1. The molecular formula is C27H22N4O3. The molecule has 2 aliphatic heterocycles. The van der Waals surface area contributed by atoms with Crippen molar-refractivity contribution < 1.29 is 9.53 Å². The van der Waals surface area contributed by atoms with Crippen LogP contribution in [0.2, 0.25) is 0 Å². The van der Waals surface area contributed by atoms with Crippen LogP contribution in [0.5, 0.6) is 5.75 Å². The first-order chi connectivity index (χ1) is 16.4. The average molecular weight is 450 g/mol. The Hall–Kier alpha value is -4.57. The van der Waals surface area contributed by atoms with Crippen molar-refractivity contribution in [2.45, 2.75) is 18.9 Å². The molecule has 34 heavy (non-hydrogen) atoms. The average Bonchev–Trinajstić information content (AvgIpc) is 3.06. The van der Waals surface area contributed by atoms with Crippen LogP contribution in [-0.4, -0.2) is 17.0 Å². The molecule has 3 heterocycles. The van der Waals surface area contributed by atoms with Crippen molar-refractivity contribution in [3.8, 4) is 11.8 Å². The summed E-state index contributed by atoms with van der Waals surface area (Å²) < 4.78 is 7.38. The lowest BCUT2D eigenvalue weighted by Gasteiger charge is -2.34. The van der Waals surface area contributed by atoms with E-state index in [0.717, 1.165) is 5.56 Å². The molecule has 0 bridgehead atoms. The van der Waals surface area contributed by atoms with Crippen LogP contribution >= 0.6 is 0 Å². The number of amides is 1. The van der Waals surface area contributed by atoms with Gasteiger partial charge in [0.2, 0.25) is 11.8 Å². The number of para-hydroxylation sites is 1. The molecule has 1 atom stereocenters. The predicted molar refractivity (Wildman–Crippen MR) is 128 cm³/mol. The third-order valence-electron chi connectivity index (χ3n) is 6.46. The number of fused-ring (bicyclic) bond motifs is 4. The fourth-order valence-electron chi connectivity index (χ4n) is 4.99. The Morgan fingerprint density at radius 3 is 2.56 bits per heavy atom. The van der Waals surface area contributed by atoms with Gasteiger partial charge in [-0.1, -0.05) is 54.6 Å². The van der Waals surface area contributed by atoms with Gasteiger partial charge in [-0.25, -0.2) is 0 Å². The van der Waals surface area contributed by atoms with Gasteiger partial charge in [0.15, 0.2) is 5.41 Å². The van der Waals surface area contributed by atoms with Crippen LogP contribution in [-0.2, 0) is 16.8 Å². The molecule has 1 spiro atoms. The first-order valence-electron chi connectivity index (χ1n) is 10.8. The Labute approximate surface area is 196 Å². The molecular weight excluding hydrogens is 428 g/mol. The first kappa shape index (κ1) is 21.3. The van der Waals surface area contributed by atoms with Gasteiger partial charge in [0.25, 0.3) is 5.56 Å². The summed E-state index contributed by atoms with van der Waals surface area (Å²) in [5.74, 6) is -0.421. The molecule has 0 saturated carbocycles. The van der Waals surface area contributed by atoms with Gasteiger partial charge >= 0.3 is 0 Å². The number of nitrogens with two attached hydrogens (primary N) is 1. The zero-order valence-corrected chi connectivity index (χ0v) is 18.6. The van der Waals surface area contributed by atoms with E-state index in [1.54, 1.807) is 41.8 Å². The number of pyridine rings is 1. The van der Waals surface area contributed by atoms with Gasteiger partial charge in [0.05, 0.1) is 12.1 Å². The summed E-state index contributed by atoms with van der Waals surface area (Å²) in [4.78, 5) is 29.8. The van der Waals surface area contributed by atoms with Crippen LogP contribution < -0.4 is 20.9 Å². The smallest absolute Gasteiger partial charge is 0.259 e. The fourth-order valence-corrected chi connectivity index (χ4v) is 4.99. The quantitative estimate of drug-likeness (QED) is 0.616. The van der Waals surface area contributed by atoms with Crippen LogP contribution in [0, 0.1) is 18.3 Å². The number of nitrogens with zero attached hydrogens (tertiary/aromatic N) is 3. The second-order valence-electron chi connectivity index (χ2n) is 8.33. The van der Waals surface area contributed by atoms with Crippen LogP contribution in [0.3, 0.4) is 0 Å². The highest BCUT2D eigenvalue weighted by atomic mass is 16.5. The topological polar surface area (TPSA) is 101 Å². The SMILES string of the molecule is C=CCN1C(=O)C2(C(C#N)=C(N)Oc3cc(C)n(Cc4ccccc4)c(=O)c32)c2ccccc21. The molecule has 2 aromatic carbocycles. The number of ether oxygens (including phenoxy) is 1. The third-order valence-corrected chi connectivity index (χ3v) is 6.46. The van der Waals surface area contributed by atoms with Crippen LogP contribution in [0.4, 0.5) is 5.69 Å². The van der Waals surface area contributed by atoms with Crippen molar-refractivity contribution in [2.24, 2.45) is 5.73 Å². The second kappa shape index (κ2) is 7.78. The molecule has 0 aliphatic carbocycles. The van der Waals surface area contributed by atoms with Crippen molar-refractivity contribution in [3.05, 3.63) is 118 Å². The van der Waals surface area contributed by atoms with E-state index in [0.29, 0.717) is 23.5 Å². The van der Waals surface area contributed by atoms with Gasteiger partial charge < -0.3 is 19.9 Å². The number of hydrogen-bond acceptors (Lipinski definition) is 5. The van der Waals surface area contributed by atoms with E-state index in [2.05, 4.69) is 12.6 Å². The lowest BCUT2D eigenvalue weighted by molar-refractivity contribution is -0.120. The zero-order chi connectivity index (χ0) is 24.0. The number of carbonyl (C=O) groups excluding carboxylic acids is 1. The minimum Gasteiger partial charge on any atom is -0.440 e. The molecule has 0 radical (unpaired) electrons. The normalized spacial score (nSPS) is 18.4. The Kier molecular flexibility index (Phi) is 4.87. The van der Waals surface area contributed by atoms with E-state index in [1.165, 1.54) is 4.90 Å². The Balaban J connectivity index is 1.86. The lowest BCUT2D eigenvalue weighted by atomic mass is 9.69. The molecule has 1 aromatic heterocycles. The van der Waals surface area contributed by atoms with Crippen molar-refractivity contribution in [1.29, 1.82) is 5.26 Å². The van der Waals surface area contributed by atoms with E-state index >= 15 is 0 Å². The minimum atomic E-state index is -1.70. The Bertz CT molecular complexity index is 1480. The zero-order valence-electron chi connectivity index (χ0n) is 18.6. The van der Waals surface area contributed by atoms with Crippen molar-refractivity contribution >= 4 is 11.6 Å². The summed E-state index contributed by atoms with van der Waals surface area (Å²) in [6.45, 7) is 6.09. The number of nitriles is 1. The maximum Gasteiger partial charge on any atom is 0.259 e. The summed E-state index contributed by atoms with van der Waals surface area (Å²) >= 11 is 0. The summed E-state index contributed by atoms with van der Waals surface area (Å²) in [6.07, 6.45) is 1.61. The van der Waals surface area contributed by atoms with E-state index in [4.69, 9.17) is 10.5 Å². The lowest BCUT2D eigenvalue weighted by Crippen LogP contribution is -2.50. The summed E-state index contributed by atoms with van der Waals surface area (Å²) in [7, 11) is 0. The molecule has 1 amide bonds. The molecule has 0 fully saturated rings. The minimum absolute atomic E-state index is 0.0868. The number of aromatic nitrogens is 1. The predicted octanol–water partition coefficient (Wildman–Crippen LogP) is 3.11. The standard InChI is InChI=1S/C27H22N4O3/c1-3-13-30-21-12-8-7-11-19(21)27(26(30)33)20(15-28)24(29)34-22-14-17(2)31(25(32)23(22)27)16-18-9-5-4-6-10-18/h3-12,14H,1,13,16,29H2,2H3. The molecule has 0 saturated heterocycles. The van der Waals surface area contributed by atoms with Crippen LogP contribution in [0.15, 0.2) is 89.6 Å². The number of rotatable bonds is 4. The largest absolute Gasteiger partial charge is 0.440 e. The molecule has 1 unspecified atom stereocenters. The molecule has 2 aliphatic rings. The number of benzene rings is 2. The van der Waals surface area contributed by atoms with E-state index < -0.39 is 16.9 Å². The highest BCUT2D eigenvalue weighted by Gasteiger charge is 2.60. The highest BCUT2D eigenvalue weighted by Crippen LogP contribution is 2.54. The molecule has 7 nitrogen and oxygen atoms in total. The van der Waals surface area contributed by atoms with Crippen LogP contribution in [0.25, 0.3) is 0 Å². The number of aryl methyl sites for hydroxylation is 1. The van der Waals surface area contributed by atoms with Crippen LogP contribution in [0.1, 0.15) is 22.4 Å². The molecule has 7 heteroatoms. The van der Waals surface area contributed by atoms with Gasteiger partial charge in [-0.15, -0.1) is 6.58 Å². The summed E-state index contributed by atoms with van der Waals surface area (Å²) in [5.41, 5.74) is 6.82. The summed E-state index contributed by atoms with van der Waals surface area (Å²) in [5, 5.41) is 10.2. The van der Waals surface area contributed by atoms with Gasteiger partial charge in [0, 0.05) is 29.6 Å². The second-order valence-corrected chi connectivity index (χ2v) is 8.33. The van der Waals surface area contributed by atoms with Gasteiger partial charge in [-0.05, 0) is 18.6 Å². The highest BCUT2D eigenvalue weighted by molar-refractivity contribution is 6.14. The van der Waals surface area contributed by atoms with Gasteiger partial charge in [-0.3, -0.25) is 9.59 Å². The van der Waals surface area contributed by atoms with Gasteiger partial charge in [0.1, 0.15) is 17.4 Å². The van der Waals surface area contributed by atoms with E-state index in [1.807, 2.05) is 36.4 Å². The monoisotopic (exact) mass is 450 g/mol. The Morgan fingerprint density at radius 2 is 1.85 bits per heavy atom. The fraction of sp³-hybridized carbons (Fsp3) is 0.148. The maximum absolute atomic E-state index is 14.1. The molecule has 2 N–H and O–H groups in total. The first-order valence-corrected chi connectivity index (χ1v) is 10.8. The van der Waals surface area contributed by atoms with Crippen molar-refractivity contribution in [3.63, 3.8) is 0 Å². The maximum atomic E-state index is 14.1. The molecule has 168 valence electrons. The molecule has 5 rings (SSSR count). The van der Waals surface area contributed by atoms with Crippen molar-refractivity contribution in [1.82, 2.24) is 4.57 Å². The van der Waals surface area contributed by atoms with Crippen molar-refractivity contribution in [2.75, 3.05) is 11.4 Å². The van der Waals surface area contributed by atoms with Gasteiger partial charge in [-0.2, -0.15) is 5.26 Å². The number of hydrogen-bond donors (Lipinski definition) is 1. The number of carbonyl (C=O) groups is 1. The van der Waals surface area contributed by atoms with E-state index in [9.17, 15) is 14.9 Å².